The molecule has 0 saturated carbocycles. The van der Waals surface area contributed by atoms with Crippen LogP contribution in [-0.2, 0) is 4.79 Å². The number of carbonyl (C=O) groups excluding carboxylic acids is 2. The first-order valence-electron chi connectivity index (χ1n) is 11.3. The Bertz CT molecular complexity index is 1160. The highest BCUT2D eigenvalue weighted by molar-refractivity contribution is 6.07. The Labute approximate surface area is 199 Å². The van der Waals surface area contributed by atoms with E-state index in [1.165, 1.54) is 12.7 Å². The maximum Gasteiger partial charge on any atom is 0.265 e. The molecule has 1 N–H and O–H groups in total. The second kappa shape index (κ2) is 10.7. The van der Waals surface area contributed by atoms with Crippen LogP contribution in [0.1, 0.15) is 28.8 Å². The summed E-state index contributed by atoms with van der Waals surface area (Å²) in [5.41, 5.74) is 2.84. The second-order valence-corrected chi connectivity index (χ2v) is 8.04. The molecule has 0 unspecified atom stereocenters. The fraction of sp³-hybridized carbons (Fsp3) is 0.259. The van der Waals surface area contributed by atoms with Gasteiger partial charge in [0.2, 0.25) is 0 Å². The third kappa shape index (κ3) is 5.49. The number of anilines is 2. The maximum absolute atomic E-state index is 12.8. The monoisotopic (exact) mass is 460 g/mol. The number of nitrogens with zero attached hydrogens (tertiary/aromatic N) is 1. The first-order valence-corrected chi connectivity index (χ1v) is 11.3. The first kappa shape index (κ1) is 23.2. The number of ether oxygens (including phenoxy) is 3. The van der Waals surface area contributed by atoms with Crippen molar-refractivity contribution >= 4 is 23.2 Å². The SMILES string of the molecule is COc1ccccc1C(=O)Nc1ccc2c(c1)N(CCCCOc1ccc(C)cc1)C(=O)CO2. The van der Waals surface area contributed by atoms with Crippen molar-refractivity contribution in [3.05, 3.63) is 77.9 Å². The molecule has 3 aromatic carbocycles. The Morgan fingerprint density at radius 2 is 1.85 bits per heavy atom. The minimum Gasteiger partial charge on any atom is -0.496 e. The van der Waals surface area contributed by atoms with Crippen molar-refractivity contribution in [3.63, 3.8) is 0 Å². The smallest absolute Gasteiger partial charge is 0.265 e. The molecule has 0 aliphatic carbocycles. The summed E-state index contributed by atoms with van der Waals surface area (Å²) in [6.07, 6.45) is 1.58. The van der Waals surface area contributed by atoms with Crippen LogP contribution in [0.4, 0.5) is 11.4 Å². The highest BCUT2D eigenvalue weighted by Gasteiger charge is 2.26. The highest BCUT2D eigenvalue weighted by atomic mass is 16.5. The van der Waals surface area contributed by atoms with Crippen LogP contribution in [0.3, 0.4) is 0 Å². The molecule has 1 heterocycles. The van der Waals surface area contributed by atoms with Gasteiger partial charge in [0.05, 0.1) is 25.0 Å². The summed E-state index contributed by atoms with van der Waals surface area (Å²) < 4.78 is 16.7. The van der Waals surface area contributed by atoms with Gasteiger partial charge in [0, 0.05) is 12.2 Å². The molecule has 0 fully saturated rings. The third-order valence-corrected chi connectivity index (χ3v) is 5.58. The van der Waals surface area contributed by atoms with Crippen LogP contribution >= 0.6 is 0 Å². The number of rotatable bonds is 9. The molecule has 7 nitrogen and oxygen atoms in total. The largest absolute Gasteiger partial charge is 0.496 e. The van der Waals surface area contributed by atoms with Gasteiger partial charge in [0.25, 0.3) is 11.8 Å². The van der Waals surface area contributed by atoms with Crippen molar-refractivity contribution in [1.82, 2.24) is 0 Å². The van der Waals surface area contributed by atoms with Crippen LogP contribution in [0.25, 0.3) is 0 Å². The molecule has 34 heavy (non-hydrogen) atoms. The number of fused-ring (bicyclic) bond motifs is 1. The predicted molar refractivity (Wildman–Crippen MR) is 131 cm³/mol. The Kier molecular flexibility index (Phi) is 7.32. The lowest BCUT2D eigenvalue weighted by atomic mass is 10.1. The van der Waals surface area contributed by atoms with Crippen LogP contribution in [0.5, 0.6) is 17.2 Å². The molecular weight excluding hydrogens is 432 g/mol. The van der Waals surface area contributed by atoms with Crippen molar-refractivity contribution in [2.75, 3.05) is 37.1 Å². The summed E-state index contributed by atoms with van der Waals surface area (Å²) in [5, 5.41) is 2.88. The van der Waals surface area contributed by atoms with E-state index in [0.717, 1.165) is 18.6 Å². The van der Waals surface area contributed by atoms with Gasteiger partial charge in [-0.2, -0.15) is 0 Å². The van der Waals surface area contributed by atoms with Gasteiger partial charge in [-0.25, -0.2) is 0 Å². The van der Waals surface area contributed by atoms with E-state index in [1.807, 2.05) is 31.2 Å². The Hall–Kier alpha value is -4.00. The number of amides is 2. The molecule has 7 heteroatoms. The van der Waals surface area contributed by atoms with E-state index >= 15 is 0 Å². The predicted octanol–water partition coefficient (Wildman–Crippen LogP) is 4.84. The van der Waals surface area contributed by atoms with Crippen molar-refractivity contribution in [3.8, 4) is 17.2 Å². The number of nitrogens with one attached hydrogen (secondary N) is 1. The van der Waals surface area contributed by atoms with Gasteiger partial charge in [0.15, 0.2) is 6.61 Å². The molecule has 0 bridgehead atoms. The first-order chi connectivity index (χ1) is 16.5. The zero-order valence-corrected chi connectivity index (χ0v) is 19.4. The van der Waals surface area contributed by atoms with Crippen LogP contribution in [-0.4, -0.2) is 38.7 Å². The van der Waals surface area contributed by atoms with Crippen molar-refractivity contribution in [2.45, 2.75) is 19.8 Å². The molecule has 0 spiro atoms. The van der Waals surface area contributed by atoms with Gasteiger partial charge in [-0.3, -0.25) is 9.59 Å². The topological polar surface area (TPSA) is 77.1 Å². The zero-order chi connectivity index (χ0) is 23.9. The number of aryl methyl sites for hydroxylation is 1. The van der Waals surface area contributed by atoms with Crippen LogP contribution in [0.15, 0.2) is 66.7 Å². The number of benzene rings is 3. The minimum absolute atomic E-state index is 0.000212. The molecular formula is C27H28N2O5. The molecule has 0 radical (unpaired) electrons. The lowest BCUT2D eigenvalue weighted by molar-refractivity contribution is -0.121. The second-order valence-electron chi connectivity index (χ2n) is 8.04. The van der Waals surface area contributed by atoms with Gasteiger partial charge in [-0.05, 0) is 62.2 Å². The van der Waals surface area contributed by atoms with Gasteiger partial charge >= 0.3 is 0 Å². The minimum atomic E-state index is -0.291. The Morgan fingerprint density at radius 3 is 2.65 bits per heavy atom. The quantitative estimate of drug-likeness (QED) is 0.463. The molecule has 1 aliphatic rings. The number of methoxy groups -OCH3 is 1. The van der Waals surface area contributed by atoms with E-state index in [0.29, 0.717) is 41.6 Å². The molecule has 0 atom stereocenters. The van der Waals surface area contributed by atoms with E-state index < -0.39 is 0 Å². The molecule has 4 rings (SSSR count). The molecule has 2 amide bonds. The van der Waals surface area contributed by atoms with Crippen molar-refractivity contribution in [1.29, 1.82) is 0 Å². The molecule has 1 aliphatic heterocycles. The van der Waals surface area contributed by atoms with E-state index in [2.05, 4.69) is 5.32 Å². The van der Waals surface area contributed by atoms with Crippen molar-refractivity contribution in [2.24, 2.45) is 0 Å². The zero-order valence-electron chi connectivity index (χ0n) is 19.4. The standard InChI is InChI=1S/C27H28N2O5/c1-19-9-12-21(13-10-19)33-16-6-5-15-29-23-17-20(11-14-25(23)34-18-26(29)30)28-27(31)22-7-3-4-8-24(22)32-2/h3-4,7-14,17H,5-6,15-16,18H2,1-2H3,(H,28,31). The number of para-hydroxylation sites is 1. The van der Waals surface area contributed by atoms with Gasteiger partial charge < -0.3 is 24.4 Å². The maximum atomic E-state index is 12.8. The third-order valence-electron chi connectivity index (χ3n) is 5.58. The summed E-state index contributed by atoms with van der Waals surface area (Å²) in [6.45, 7) is 3.15. The average molecular weight is 461 g/mol. The van der Waals surface area contributed by atoms with E-state index in [4.69, 9.17) is 14.2 Å². The molecule has 3 aromatic rings. The van der Waals surface area contributed by atoms with Crippen LogP contribution < -0.4 is 24.4 Å². The number of hydrogen-bond donors (Lipinski definition) is 1. The highest BCUT2D eigenvalue weighted by Crippen LogP contribution is 2.35. The molecule has 0 saturated heterocycles. The van der Waals surface area contributed by atoms with Gasteiger partial charge in [0.1, 0.15) is 17.2 Å². The summed E-state index contributed by atoms with van der Waals surface area (Å²) >= 11 is 0. The van der Waals surface area contributed by atoms with Crippen LogP contribution in [0, 0.1) is 6.92 Å². The summed E-state index contributed by atoms with van der Waals surface area (Å²) in [5.74, 6) is 1.55. The van der Waals surface area contributed by atoms with E-state index in [1.54, 1.807) is 47.4 Å². The molecule has 176 valence electrons. The number of carbonyl (C=O) groups is 2. The lowest BCUT2D eigenvalue weighted by Crippen LogP contribution is -2.39. The average Bonchev–Trinajstić information content (AvgIpc) is 2.86. The Morgan fingerprint density at radius 1 is 1.06 bits per heavy atom. The van der Waals surface area contributed by atoms with E-state index in [-0.39, 0.29) is 18.4 Å². The normalized spacial score (nSPS) is 12.5. The van der Waals surface area contributed by atoms with Gasteiger partial charge in [-0.1, -0.05) is 29.8 Å². The van der Waals surface area contributed by atoms with Crippen LogP contribution in [0.2, 0.25) is 0 Å². The van der Waals surface area contributed by atoms with Crippen molar-refractivity contribution < 1.29 is 23.8 Å². The summed E-state index contributed by atoms with van der Waals surface area (Å²) in [6, 6.07) is 20.3. The Balaban J connectivity index is 1.38. The fourth-order valence-corrected chi connectivity index (χ4v) is 3.75. The summed E-state index contributed by atoms with van der Waals surface area (Å²) in [4.78, 5) is 27.1. The number of unbranched alkanes of at least 4 members (excludes halogenated alkanes) is 1. The van der Waals surface area contributed by atoms with E-state index in [9.17, 15) is 9.59 Å². The summed E-state index contributed by atoms with van der Waals surface area (Å²) in [7, 11) is 1.53. The fourth-order valence-electron chi connectivity index (χ4n) is 3.75. The lowest BCUT2D eigenvalue weighted by Gasteiger charge is -2.30. The number of hydrogen-bond acceptors (Lipinski definition) is 5. The molecule has 0 aromatic heterocycles. The van der Waals surface area contributed by atoms with Gasteiger partial charge in [-0.15, -0.1) is 0 Å².